The number of benzene rings is 2. The predicted molar refractivity (Wildman–Crippen MR) is 109 cm³/mol. The summed E-state index contributed by atoms with van der Waals surface area (Å²) in [7, 11) is -2.45. The number of aryl methyl sites for hydroxylation is 2. The molecule has 1 amide bonds. The van der Waals surface area contributed by atoms with Crippen molar-refractivity contribution in [1.82, 2.24) is 4.72 Å². The van der Waals surface area contributed by atoms with Gasteiger partial charge in [0, 0.05) is 16.8 Å². The molecule has 0 atom stereocenters. The van der Waals surface area contributed by atoms with E-state index in [1.807, 2.05) is 18.2 Å². The van der Waals surface area contributed by atoms with Gasteiger partial charge in [0.25, 0.3) is 5.91 Å². The highest BCUT2D eigenvalue weighted by molar-refractivity contribution is 7.89. The zero-order valence-corrected chi connectivity index (χ0v) is 17.4. The molecule has 6 nitrogen and oxygen atoms in total. The third-order valence-electron chi connectivity index (χ3n) is 4.51. The lowest BCUT2D eigenvalue weighted by molar-refractivity contribution is 0.102. The SMILES string of the molecule is COc1ccc(C(=O)Nc2ccc3c(c2)CCC3)cc1S(=O)(=O)NC(C)(C)C. The maximum Gasteiger partial charge on any atom is 0.255 e. The van der Waals surface area contributed by atoms with Crippen LogP contribution in [0, 0.1) is 0 Å². The number of anilines is 1. The van der Waals surface area contributed by atoms with E-state index in [0.717, 1.165) is 19.3 Å². The molecule has 7 heteroatoms. The average Bonchev–Trinajstić information content (AvgIpc) is 3.06. The monoisotopic (exact) mass is 402 g/mol. The highest BCUT2D eigenvalue weighted by Gasteiger charge is 2.26. The molecule has 0 aliphatic heterocycles. The van der Waals surface area contributed by atoms with Crippen LogP contribution in [0.5, 0.6) is 5.75 Å². The van der Waals surface area contributed by atoms with Crippen LogP contribution in [0.1, 0.15) is 48.7 Å². The van der Waals surface area contributed by atoms with Gasteiger partial charge in [-0.25, -0.2) is 13.1 Å². The second-order valence-corrected chi connectivity index (χ2v) is 9.66. The van der Waals surface area contributed by atoms with Crippen LogP contribution < -0.4 is 14.8 Å². The number of sulfonamides is 1. The van der Waals surface area contributed by atoms with Crippen LogP contribution >= 0.6 is 0 Å². The molecule has 0 unspecified atom stereocenters. The molecule has 2 aromatic carbocycles. The number of ether oxygens (including phenoxy) is 1. The third-order valence-corrected chi connectivity index (χ3v) is 6.29. The number of nitrogens with one attached hydrogen (secondary N) is 2. The van der Waals surface area contributed by atoms with E-state index in [2.05, 4.69) is 10.0 Å². The van der Waals surface area contributed by atoms with E-state index < -0.39 is 15.6 Å². The average molecular weight is 403 g/mol. The van der Waals surface area contributed by atoms with Gasteiger partial charge in [-0.2, -0.15) is 0 Å². The van der Waals surface area contributed by atoms with Crippen molar-refractivity contribution in [3.8, 4) is 5.75 Å². The molecule has 2 N–H and O–H groups in total. The Labute approximate surface area is 166 Å². The first-order valence-electron chi connectivity index (χ1n) is 9.24. The molecule has 0 saturated heterocycles. The van der Waals surface area contributed by atoms with Gasteiger partial charge in [-0.15, -0.1) is 0 Å². The lowest BCUT2D eigenvalue weighted by Crippen LogP contribution is -2.40. The number of carbonyl (C=O) groups excluding carboxylic acids is 1. The summed E-state index contributed by atoms with van der Waals surface area (Å²) in [5.41, 5.74) is 2.87. The second-order valence-electron chi connectivity index (χ2n) is 8.01. The molecule has 1 aliphatic rings. The van der Waals surface area contributed by atoms with E-state index in [0.29, 0.717) is 5.69 Å². The summed E-state index contributed by atoms with van der Waals surface area (Å²) in [5.74, 6) is -0.182. The highest BCUT2D eigenvalue weighted by atomic mass is 32.2. The molecule has 0 bridgehead atoms. The predicted octanol–water partition coefficient (Wildman–Crippen LogP) is 3.51. The summed E-state index contributed by atoms with van der Waals surface area (Å²) in [5, 5.41) is 2.86. The second kappa shape index (κ2) is 7.56. The smallest absolute Gasteiger partial charge is 0.255 e. The topological polar surface area (TPSA) is 84.5 Å². The Morgan fingerprint density at radius 2 is 1.75 bits per heavy atom. The van der Waals surface area contributed by atoms with Gasteiger partial charge >= 0.3 is 0 Å². The minimum Gasteiger partial charge on any atom is -0.495 e. The number of amides is 1. The fraction of sp³-hybridized carbons (Fsp3) is 0.381. The first-order valence-corrected chi connectivity index (χ1v) is 10.7. The Kier molecular flexibility index (Phi) is 5.50. The minimum atomic E-state index is -3.85. The first kappa shape index (κ1) is 20.4. The van der Waals surface area contributed by atoms with Gasteiger partial charge in [0.1, 0.15) is 10.6 Å². The van der Waals surface area contributed by atoms with Crippen molar-refractivity contribution in [1.29, 1.82) is 0 Å². The highest BCUT2D eigenvalue weighted by Crippen LogP contribution is 2.28. The molecule has 2 aromatic rings. The van der Waals surface area contributed by atoms with Gasteiger partial charge < -0.3 is 10.1 Å². The summed E-state index contributed by atoms with van der Waals surface area (Å²) in [6, 6.07) is 10.3. The molecule has 0 aromatic heterocycles. The Bertz CT molecular complexity index is 1010. The number of hydrogen-bond donors (Lipinski definition) is 2. The van der Waals surface area contributed by atoms with Gasteiger partial charge in [-0.05, 0) is 81.5 Å². The molecule has 150 valence electrons. The van der Waals surface area contributed by atoms with E-state index in [1.165, 1.54) is 30.4 Å². The quantitative estimate of drug-likeness (QED) is 0.801. The van der Waals surface area contributed by atoms with E-state index in [9.17, 15) is 13.2 Å². The number of rotatable bonds is 5. The Morgan fingerprint density at radius 1 is 1.04 bits per heavy atom. The summed E-state index contributed by atoms with van der Waals surface area (Å²) >= 11 is 0. The van der Waals surface area contributed by atoms with Crippen LogP contribution in [0.15, 0.2) is 41.3 Å². The van der Waals surface area contributed by atoms with E-state index in [4.69, 9.17) is 4.74 Å². The summed E-state index contributed by atoms with van der Waals surface area (Å²) in [4.78, 5) is 12.6. The fourth-order valence-electron chi connectivity index (χ4n) is 3.34. The number of methoxy groups -OCH3 is 1. The van der Waals surface area contributed by atoms with Gasteiger partial charge in [0.2, 0.25) is 10.0 Å². The molecular formula is C21H26N2O4S. The first-order chi connectivity index (χ1) is 13.1. The van der Waals surface area contributed by atoms with E-state index >= 15 is 0 Å². The van der Waals surface area contributed by atoms with Crippen LogP contribution in [0.4, 0.5) is 5.69 Å². The number of carbonyl (C=O) groups is 1. The maximum atomic E-state index is 12.8. The molecular weight excluding hydrogens is 376 g/mol. The largest absolute Gasteiger partial charge is 0.495 e. The van der Waals surface area contributed by atoms with Crippen molar-refractivity contribution >= 4 is 21.6 Å². The molecule has 0 heterocycles. The van der Waals surface area contributed by atoms with Gasteiger partial charge in [-0.3, -0.25) is 4.79 Å². The normalized spacial score (nSPS) is 13.9. The van der Waals surface area contributed by atoms with Crippen LogP contribution in [0.25, 0.3) is 0 Å². The van der Waals surface area contributed by atoms with Crippen molar-refractivity contribution in [3.05, 3.63) is 53.1 Å². The van der Waals surface area contributed by atoms with Crippen molar-refractivity contribution in [2.75, 3.05) is 12.4 Å². The number of hydrogen-bond acceptors (Lipinski definition) is 4. The van der Waals surface area contributed by atoms with E-state index in [-0.39, 0.29) is 22.1 Å². The lowest BCUT2D eigenvalue weighted by atomic mass is 10.1. The lowest BCUT2D eigenvalue weighted by Gasteiger charge is -2.21. The zero-order chi connectivity index (χ0) is 20.5. The number of fused-ring (bicyclic) bond motifs is 1. The summed E-state index contributed by atoms with van der Waals surface area (Å²) < 4.78 is 33.3. The van der Waals surface area contributed by atoms with Crippen molar-refractivity contribution in [2.24, 2.45) is 0 Å². The Hall–Kier alpha value is -2.38. The van der Waals surface area contributed by atoms with Crippen LogP contribution in [0.2, 0.25) is 0 Å². The maximum absolute atomic E-state index is 12.8. The van der Waals surface area contributed by atoms with Gasteiger partial charge in [-0.1, -0.05) is 6.07 Å². The van der Waals surface area contributed by atoms with Crippen LogP contribution in [-0.4, -0.2) is 27.0 Å². The molecule has 0 radical (unpaired) electrons. The van der Waals surface area contributed by atoms with Gasteiger partial charge in [0.15, 0.2) is 0 Å². The van der Waals surface area contributed by atoms with Crippen molar-refractivity contribution in [3.63, 3.8) is 0 Å². The zero-order valence-electron chi connectivity index (χ0n) is 16.6. The summed E-state index contributed by atoms with van der Waals surface area (Å²) in [6.07, 6.45) is 3.22. The van der Waals surface area contributed by atoms with Gasteiger partial charge in [0.05, 0.1) is 7.11 Å². The fourth-order valence-corrected chi connectivity index (χ4v) is 4.95. The van der Waals surface area contributed by atoms with Crippen LogP contribution in [0.3, 0.4) is 0 Å². The van der Waals surface area contributed by atoms with Crippen molar-refractivity contribution < 1.29 is 17.9 Å². The molecule has 1 aliphatic carbocycles. The molecule has 0 spiro atoms. The molecule has 0 fully saturated rings. The van der Waals surface area contributed by atoms with Crippen molar-refractivity contribution in [2.45, 2.75) is 50.5 Å². The standard InChI is InChI=1S/C21H26N2O4S/c1-21(2,3)23-28(25,26)19-13-16(9-11-18(19)27-4)20(24)22-17-10-8-14-6-5-7-15(14)12-17/h8-13,23H,5-7H2,1-4H3,(H,22,24). The van der Waals surface area contributed by atoms with E-state index in [1.54, 1.807) is 26.8 Å². The van der Waals surface area contributed by atoms with Crippen LogP contribution in [-0.2, 0) is 22.9 Å². The molecule has 28 heavy (non-hydrogen) atoms. The third kappa shape index (κ3) is 4.54. The molecule has 0 saturated carbocycles. The summed E-state index contributed by atoms with van der Waals surface area (Å²) in [6.45, 7) is 5.25. The Morgan fingerprint density at radius 3 is 2.43 bits per heavy atom. The molecule has 3 rings (SSSR count). The minimum absolute atomic E-state index is 0.0634. The Balaban J connectivity index is 1.89.